The van der Waals surface area contributed by atoms with Gasteiger partial charge in [0.25, 0.3) is 0 Å². The van der Waals surface area contributed by atoms with Crippen LogP contribution in [0.15, 0.2) is 40.9 Å². The average Bonchev–Trinajstić information content (AvgIpc) is 2.96. The van der Waals surface area contributed by atoms with Gasteiger partial charge in [-0.25, -0.2) is 0 Å². The third-order valence-corrected chi connectivity index (χ3v) is 3.96. The summed E-state index contributed by atoms with van der Waals surface area (Å²) in [5, 5.41) is 9.10. The molecular weight excluding hydrogens is 330 g/mol. The zero-order valence-corrected chi connectivity index (χ0v) is 13.0. The Morgan fingerprint density at radius 1 is 1.24 bits per heavy atom. The van der Waals surface area contributed by atoms with Gasteiger partial charge in [0.1, 0.15) is 17.6 Å². The van der Waals surface area contributed by atoms with Crippen molar-refractivity contribution in [3.8, 4) is 17.6 Å². The fourth-order valence-electron chi connectivity index (χ4n) is 2.39. The average molecular weight is 344 g/mol. The molecule has 3 nitrogen and oxygen atoms in total. The number of nitrogens with zero attached hydrogens (tertiary/aromatic N) is 1. The number of nitriles is 1. The summed E-state index contributed by atoms with van der Waals surface area (Å²) in [6, 6.07) is 13.9. The van der Waals surface area contributed by atoms with Gasteiger partial charge in [-0.2, -0.15) is 5.26 Å². The number of hydrogen-bond donors (Lipinski definition) is 0. The zero-order chi connectivity index (χ0) is 14.7. The minimum absolute atomic E-state index is 0.548. The Morgan fingerprint density at radius 2 is 2.14 bits per heavy atom. The van der Waals surface area contributed by atoms with E-state index in [-0.39, 0.29) is 0 Å². The van der Waals surface area contributed by atoms with Crippen LogP contribution in [-0.4, -0.2) is 13.2 Å². The molecule has 0 radical (unpaired) electrons. The molecule has 0 saturated heterocycles. The monoisotopic (exact) mass is 343 g/mol. The number of hydrogen-bond acceptors (Lipinski definition) is 3. The molecule has 21 heavy (non-hydrogen) atoms. The van der Waals surface area contributed by atoms with Crippen molar-refractivity contribution in [2.45, 2.75) is 12.8 Å². The second kappa shape index (κ2) is 6.19. The maximum absolute atomic E-state index is 9.10. The van der Waals surface area contributed by atoms with Crippen molar-refractivity contribution in [1.29, 1.82) is 5.26 Å². The molecule has 0 bridgehead atoms. The minimum Gasteiger partial charge on any atom is -0.493 e. The van der Waals surface area contributed by atoms with Gasteiger partial charge in [-0.15, -0.1) is 0 Å². The Kier molecular flexibility index (Phi) is 4.12. The number of fused-ring (bicyclic) bond motifs is 1. The molecule has 0 unspecified atom stereocenters. The molecular formula is C17H14BrNO2. The summed E-state index contributed by atoms with van der Waals surface area (Å²) in [5.74, 6) is 1.63. The second-order valence-corrected chi connectivity index (χ2v) is 5.81. The van der Waals surface area contributed by atoms with Gasteiger partial charge >= 0.3 is 0 Å². The molecule has 106 valence electrons. The van der Waals surface area contributed by atoms with Crippen LogP contribution in [0.3, 0.4) is 0 Å². The third-order valence-electron chi connectivity index (χ3n) is 3.46. The number of benzene rings is 2. The van der Waals surface area contributed by atoms with E-state index >= 15 is 0 Å². The van der Waals surface area contributed by atoms with Gasteiger partial charge in [0.15, 0.2) is 0 Å². The van der Waals surface area contributed by atoms with Gasteiger partial charge in [0.05, 0.1) is 18.8 Å². The standard InChI is InChI=1S/C17H14BrNO2/c18-15-2-4-17(14(10-15)11-19)20-7-5-12-1-3-16-13(9-12)6-8-21-16/h1-4,9-10H,5-8H2. The molecule has 2 aromatic carbocycles. The van der Waals surface area contributed by atoms with Crippen LogP contribution in [0.4, 0.5) is 0 Å². The van der Waals surface area contributed by atoms with Crippen molar-refractivity contribution in [1.82, 2.24) is 0 Å². The van der Waals surface area contributed by atoms with E-state index < -0.39 is 0 Å². The molecule has 0 saturated carbocycles. The summed E-state index contributed by atoms with van der Waals surface area (Å²) in [6.45, 7) is 1.33. The summed E-state index contributed by atoms with van der Waals surface area (Å²) in [5.41, 5.74) is 3.05. The first-order valence-electron chi connectivity index (χ1n) is 6.83. The lowest BCUT2D eigenvalue weighted by molar-refractivity contribution is 0.321. The fourth-order valence-corrected chi connectivity index (χ4v) is 2.75. The van der Waals surface area contributed by atoms with E-state index in [0.29, 0.717) is 17.9 Å². The number of halogens is 1. The van der Waals surface area contributed by atoms with E-state index in [2.05, 4.69) is 34.1 Å². The van der Waals surface area contributed by atoms with Crippen LogP contribution < -0.4 is 9.47 Å². The van der Waals surface area contributed by atoms with Crippen LogP contribution in [0.5, 0.6) is 11.5 Å². The molecule has 3 rings (SSSR count). The van der Waals surface area contributed by atoms with Crippen molar-refractivity contribution in [3.05, 3.63) is 57.6 Å². The lowest BCUT2D eigenvalue weighted by atomic mass is 10.1. The van der Waals surface area contributed by atoms with Crippen molar-refractivity contribution in [2.24, 2.45) is 0 Å². The van der Waals surface area contributed by atoms with E-state index in [1.807, 2.05) is 18.2 Å². The highest BCUT2D eigenvalue weighted by molar-refractivity contribution is 9.10. The van der Waals surface area contributed by atoms with Gasteiger partial charge in [0, 0.05) is 17.3 Å². The molecule has 0 aromatic heterocycles. The Balaban J connectivity index is 1.63. The first kappa shape index (κ1) is 14.0. The van der Waals surface area contributed by atoms with Crippen LogP contribution >= 0.6 is 15.9 Å². The first-order valence-corrected chi connectivity index (χ1v) is 7.62. The number of rotatable bonds is 4. The third kappa shape index (κ3) is 3.20. The lowest BCUT2D eigenvalue weighted by Crippen LogP contribution is -2.03. The Labute approximate surface area is 132 Å². The highest BCUT2D eigenvalue weighted by Gasteiger charge is 2.12. The Hall–Kier alpha value is -1.99. The number of ether oxygens (including phenoxy) is 2. The quantitative estimate of drug-likeness (QED) is 0.845. The molecule has 0 aliphatic carbocycles. The summed E-state index contributed by atoms with van der Waals surface area (Å²) >= 11 is 3.35. The molecule has 0 fully saturated rings. The molecule has 4 heteroatoms. The van der Waals surface area contributed by atoms with Crippen molar-refractivity contribution in [2.75, 3.05) is 13.2 Å². The van der Waals surface area contributed by atoms with E-state index in [1.165, 1.54) is 11.1 Å². The van der Waals surface area contributed by atoms with Crippen LogP contribution in [0.2, 0.25) is 0 Å². The van der Waals surface area contributed by atoms with Crippen molar-refractivity contribution >= 4 is 15.9 Å². The van der Waals surface area contributed by atoms with Crippen molar-refractivity contribution < 1.29 is 9.47 Å². The predicted molar refractivity (Wildman–Crippen MR) is 83.7 cm³/mol. The fraction of sp³-hybridized carbons (Fsp3) is 0.235. The summed E-state index contributed by atoms with van der Waals surface area (Å²) in [7, 11) is 0. The Morgan fingerprint density at radius 3 is 3.00 bits per heavy atom. The van der Waals surface area contributed by atoms with E-state index in [4.69, 9.17) is 14.7 Å². The molecule has 0 N–H and O–H groups in total. The minimum atomic E-state index is 0.548. The zero-order valence-electron chi connectivity index (χ0n) is 11.4. The van der Waals surface area contributed by atoms with Gasteiger partial charge in [-0.05, 0) is 35.4 Å². The maximum Gasteiger partial charge on any atom is 0.137 e. The lowest BCUT2D eigenvalue weighted by Gasteiger charge is -2.09. The molecule has 0 atom stereocenters. The Bertz CT molecular complexity index is 706. The SMILES string of the molecule is N#Cc1cc(Br)ccc1OCCc1ccc2c(c1)CCO2. The van der Waals surface area contributed by atoms with Crippen LogP contribution in [0.25, 0.3) is 0 Å². The van der Waals surface area contributed by atoms with E-state index in [0.717, 1.165) is 29.7 Å². The molecule has 1 heterocycles. The summed E-state index contributed by atoms with van der Waals surface area (Å²) < 4.78 is 12.1. The van der Waals surface area contributed by atoms with Gasteiger partial charge < -0.3 is 9.47 Å². The molecule has 2 aromatic rings. The summed E-state index contributed by atoms with van der Waals surface area (Å²) in [4.78, 5) is 0. The largest absolute Gasteiger partial charge is 0.493 e. The molecule has 1 aliphatic heterocycles. The first-order chi connectivity index (χ1) is 10.3. The molecule has 1 aliphatic rings. The van der Waals surface area contributed by atoms with Gasteiger partial charge in [-0.1, -0.05) is 28.1 Å². The highest BCUT2D eigenvalue weighted by atomic mass is 79.9. The van der Waals surface area contributed by atoms with Crippen LogP contribution in [-0.2, 0) is 12.8 Å². The smallest absolute Gasteiger partial charge is 0.137 e. The van der Waals surface area contributed by atoms with Crippen LogP contribution in [0.1, 0.15) is 16.7 Å². The molecule has 0 spiro atoms. The van der Waals surface area contributed by atoms with Crippen molar-refractivity contribution in [3.63, 3.8) is 0 Å². The van der Waals surface area contributed by atoms with Crippen LogP contribution in [0, 0.1) is 11.3 Å². The predicted octanol–water partition coefficient (Wildman–Crippen LogP) is 3.88. The topological polar surface area (TPSA) is 42.2 Å². The summed E-state index contributed by atoms with van der Waals surface area (Å²) in [6.07, 6.45) is 1.80. The van der Waals surface area contributed by atoms with E-state index in [1.54, 1.807) is 6.07 Å². The molecule has 0 amide bonds. The van der Waals surface area contributed by atoms with Gasteiger partial charge in [-0.3, -0.25) is 0 Å². The maximum atomic E-state index is 9.10. The second-order valence-electron chi connectivity index (χ2n) is 4.89. The van der Waals surface area contributed by atoms with Gasteiger partial charge in [0.2, 0.25) is 0 Å². The van der Waals surface area contributed by atoms with E-state index in [9.17, 15) is 0 Å². The normalized spacial score (nSPS) is 12.4. The highest BCUT2D eigenvalue weighted by Crippen LogP contribution is 2.26.